The molecule has 0 aliphatic heterocycles. The molecule has 4 aliphatic carbocycles. The number of carbonyl (C=O) groups excluding carboxylic acids is 3. The number of carboxylic acid groups (broad SMARTS) is 1. The van der Waals surface area contributed by atoms with E-state index in [0.29, 0.717) is 12.0 Å². The Labute approximate surface area is 184 Å². The number of aliphatic carboxylic acids is 1. The minimum Gasteiger partial charge on any atom is -0.475 e. The van der Waals surface area contributed by atoms with E-state index in [1.807, 2.05) is 0 Å². The van der Waals surface area contributed by atoms with Crippen LogP contribution >= 0.6 is 0 Å². The fourth-order valence-electron chi connectivity index (χ4n) is 7.24. The van der Waals surface area contributed by atoms with Gasteiger partial charge in [-0.1, -0.05) is 18.6 Å². The number of fused-ring (bicyclic) bond motifs is 5. The predicted octanol–water partition coefficient (Wildman–Crippen LogP) is 1.28. The molecular formula is C23H27FO8. The molecule has 8 nitrogen and oxygen atoms in total. The summed E-state index contributed by atoms with van der Waals surface area (Å²) < 4.78 is 22.3. The number of rotatable bonds is 3. The maximum atomic E-state index is 17.0. The molecule has 3 saturated carbocycles. The molecule has 0 bridgehead atoms. The standard InChI is InChI=1S/C23H27FO8/c1-11(25)32-23(18(29)19(30)31)16(27)9-15-14-5-4-12-8-13(26)6-7-20(12,2)22(14,24)17(28)10-21(15,23)3/h6-8,14-17,27-28H,4-5,9-10H2,1-3H3,(H,30,31)/t14-,15-,16+,17-,20-,21-,22?,23-/m0/s1. The average molecular weight is 450 g/mol. The highest BCUT2D eigenvalue weighted by molar-refractivity contribution is 6.37. The van der Waals surface area contributed by atoms with E-state index < -0.39 is 70.3 Å². The summed E-state index contributed by atoms with van der Waals surface area (Å²) in [6.45, 7) is 4.10. The van der Waals surface area contributed by atoms with E-state index in [4.69, 9.17) is 4.74 Å². The van der Waals surface area contributed by atoms with Crippen LogP contribution in [0.15, 0.2) is 23.8 Å². The van der Waals surface area contributed by atoms with E-state index in [0.717, 1.165) is 6.92 Å². The van der Waals surface area contributed by atoms with Crippen LogP contribution in [0.25, 0.3) is 0 Å². The van der Waals surface area contributed by atoms with Crippen molar-refractivity contribution in [2.24, 2.45) is 22.7 Å². The second-order valence-corrected chi connectivity index (χ2v) is 9.98. The maximum Gasteiger partial charge on any atom is 0.376 e. The first-order valence-corrected chi connectivity index (χ1v) is 10.7. The van der Waals surface area contributed by atoms with Crippen LogP contribution in [0.3, 0.4) is 0 Å². The van der Waals surface area contributed by atoms with Crippen LogP contribution < -0.4 is 0 Å². The number of aliphatic hydroxyl groups excluding tert-OH is 2. The lowest BCUT2D eigenvalue weighted by Crippen LogP contribution is -2.70. The van der Waals surface area contributed by atoms with Gasteiger partial charge in [0.25, 0.3) is 5.78 Å². The Morgan fingerprint density at radius 3 is 2.41 bits per heavy atom. The quantitative estimate of drug-likeness (QED) is 0.432. The highest BCUT2D eigenvalue weighted by Crippen LogP contribution is 2.70. The molecule has 0 radical (unpaired) electrons. The van der Waals surface area contributed by atoms with Crippen molar-refractivity contribution < 1.29 is 43.6 Å². The normalized spacial score (nSPS) is 47.1. The molecule has 0 saturated heterocycles. The summed E-state index contributed by atoms with van der Waals surface area (Å²) in [4.78, 5) is 48.4. The number of hydrogen-bond acceptors (Lipinski definition) is 7. The van der Waals surface area contributed by atoms with Crippen LogP contribution in [0, 0.1) is 22.7 Å². The Morgan fingerprint density at radius 1 is 1.16 bits per heavy atom. The molecule has 3 fully saturated rings. The number of aliphatic hydroxyl groups is 2. The van der Waals surface area contributed by atoms with Crippen molar-refractivity contribution in [1.82, 2.24) is 0 Å². The lowest BCUT2D eigenvalue weighted by Gasteiger charge is -2.62. The minimum absolute atomic E-state index is 0.163. The van der Waals surface area contributed by atoms with Crippen LogP contribution in [0.2, 0.25) is 0 Å². The number of carboxylic acids is 1. The molecule has 0 amide bonds. The largest absolute Gasteiger partial charge is 0.475 e. The number of alkyl halides is 1. The first-order valence-electron chi connectivity index (χ1n) is 10.7. The fourth-order valence-corrected chi connectivity index (χ4v) is 7.24. The van der Waals surface area contributed by atoms with Gasteiger partial charge in [0.2, 0.25) is 5.60 Å². The summed E-state index contributed by atoms with van der Waals surface area (Å²) in [6, 6.07) is 0. The van der Waals surface area contributed by atoms with E-state index in [1.165, 1.54) is 25.2 Å². The van der Waals surface area contributed by atoms with Crippen LogP contribution in [-0.4, -0.2) is 62.3 Å². The average Bonchev–Trinajstić information content (AvgIpc) is 2.90. The maximum absolute atomic E-state index is 17.0. The summed E-state index contributed by atoms with van der Waals surface area (Å²) in [5.74, 6) is -6.21. The molecule has 0 aromatic rings. The molecular weight excluding hydrogens is 423 g/mol. The second-order valence-electron chi connectivity index (χ2n) is 9.98. The third-order valence-electron chi connectivity index (χ3n) is 8.66. The molecule has 4 aliphatic rings. The van der Waals surface area contributed by atoms with Gasteiger partial charge in [0.1, 0.15) is 6.10 Å². The lowest BCUT2D eigenvalue weighted by molar-refractivity contribution is -0.230. The smallest absolute Gasteiger partial charge is 0.376 e. The Morgan fingerprint density at radius 2 is 1.81 bits per heavy atom. The van der Waals surface area contributed by atoms with Gasteiger partial charge in [-0.2, -0.15) is 0 Å². The van der Waals surface area contributed by atoms with E-state index >= 15 is 4.39 Å². The molecule has 8 atom stereocenters. The van der Waals surface area contributed by atoms with Gasteiger partial charge in [-0.15, -0.1) is 0 Å². The summed E-state index contributed by atoms with van der Waals surface area (Å²) >= 11 is 0. The van der Waals surface area contributed by atoms with Crippen molar-refractivity contribution in [2.75, 3.05) is 0 Å². The highest BCUT2D eigenvalue weighted by atomic mass is 19.1. The minimum atomic E-state index is -2.44. The molecule has 9 heteroatoms. The lowest BCUT2D eigenvalue weighted by atomic mass is 9.44. The SMILES string of the molecule is CC(=O)O[C@]1(C(=O)C(=O)O)[C@H](O)C[C@H]2[C@@H]3CCC4=CC(=O)C=C[C@]4(C)C3(F)[C@@H](O)C[C@@]21C. The third kappa shape index (κ3) is 2.49. The van der Waals surface area contributed by atoms with E-state index in [-0.39, 0.29) is 18.6 Å². The van der Waals surface area contributed by atoms with Crippen LogP contribution in [0.5, 0.6) is 0 Å². The van der Waals surface area contributed by atoms with Crippen molar-refractivity contribution in [3.63, 3.8) is 0 Å². The van der Waals surface area contributed by atoms with Crippen LogP contribution in [0.1, 0.15) is 46.5 Å². The van der Waals surface area contributed by atoms with Gasteiger partial charge in [0.05, 0.1) is 6.10 Å². The zero-order valence-corrected chi connectivity index (χ0v) is 18.1. The van der Waals surface area contributed by atoms with Gasteiger partial charge in [0.15, 0.2) is 11.5 Å². The summed E-state index contributed by atoms with van der Waals surface area (Å²) in [5, 5.41) is 31.7. The van der Waals surface area contributed by atoms with Crippen molar-refractivity contribution in [3.05, 3.63) is 23.8 Å². The Balaban J connectivity index is 1.88. The predicted molar refractivity (Wildman–Crippen MR) is 107 cm³/mol. The fraction of sp³-hybridized carbons (Fsp3) is 0.652. The molecule has 32 heavy (non-hydrogen) atoms. The topological polar surface area (TPSA) is 138 Å². The van der Waals surface area contributed by atoms with E-state index in [9.17, 15) is 34.5 Å². The number of allylic oxidation sites excluding steroid dienone is 4. The van der Waals surface area contributed by atoms with Gasteiger partial charge in [-0.05, 0) is 50.7 Å². The van der Waals surface area contributed by atoms with Crippen molar-refractivity contribution in [3.8, 4) is 0 Å². The number of Topliss-reactive ketones (excluding diaryl/α,β-unsaturated/α-hetero) is 1. The number of ether oxygens (including phenoxy) is 1. The number of carbonyl (C=O) groups is 4. The number of halogens is 1. The van der Waals surface area contributed by atoms with Gasteiger partial charge in [-0.25, -0.2) is 9.18 Å². The summed E-state index contributed by atoms with van der Waals surface area (Å²) in [7, 11) is 0. The first kappa shape index (κ1) is 22.8. The Bertz CT molecular complexity index is 986. The van der Waals surface area contributed by atoms with Gasteiger partial charge < -0.3 is 20.1 Å². The third-order valence-corrected chi connectivity index (χ3v) is 8.66. The molecule has 4 rings (SSSR count). The first-order chi connectivity index (χ1) is 14.8. The molecule has 3 N–H and O–H groups in total. The summed E-state index contributed by atoms with van der Waals surface area (Å²) in [6.07, 6.45) is 0.812. The van der Waals surface area contributed by atoms with Gasteiger partial charge >= 0.3 is 11.9 Å². The Kier molecular flexibility index (Phi) is 4.85. The van der Waals surface area contributed by atoms with Gasteiger partial charge in [0, 0.05) is 23.7 Å². The zero-order chi connectivity index (χ0) is 23.9. The highest BCUT2D eigenvalue weighted by Gasteiger charge is 2.78. The Hall–Kier alpha value is -2.39. The van der Waals surface area contributed by atoms with Crippen molar-refractivity contribution in [1.29, 1.82) is 0 Å². The zero-order valence-electron chi connectivity index (χ0n) is 18.1. The van der Waals surface area contributed by atoms with Crippen molar-refractivity contribution >= 4 is 23.5 Å². The molecule has 0 spiro atoms. The number of esters is 1. The number of ketones is 2. The number of hydrogen-bond donors (Lipinski definition) is 3. The van der Waals surface area contributed by atoms with Crippen LogP contribution in [0.4, 0.5) is 4.39 Å². The molecule has 0 aromatic heterocycles. The molecule has 1 unspecified atom stereocenters. The summed E-state index contributed by atoms with van der Waals surface area (Å²) in [5.41, 5.74) is -6.89. The molecule has 0 aromatic carbocycles. The monoisotopic (exact) mass is 450 g/mol. The van der Waals surface area contributed by atoms with Crippen LogP contribution in [-0.2, 0) is 23.9 Å². The van der Waals surface area contributed by atoms with E-state index in [2.05, 4.69) is 0 Å². The van der Waals surface area contributed by atoms with Gasteiger partial charge in [-0.3, -0.25) is 14.4 Å². The second kappa shape index (κ2) is 6.81. The molecule has 0 heterocycles. The van der Waals surface area contributed by atoms with E-state index in [1.54, 1.807) is 6.92 Å². The molecule has 174 valence electrons. The van der Waals surface area contributed by atoms with Crippen molar-refractivity contribution in [2.45, 2.75) is 69.9 Å².